The van der Waals surface area contributed by atoms with Crippen molar-refractivity contribution in [2.24, 2.45) is 11.3 Å². The van der Waals surface area contributed by atoms with Gasteiger partial charge in [-0.05, 0) is 35.6 Å². The zero-order valence-electron chi connectivity index (χ0n) is 15.0. The fourth-order valence-electron chi connectivity index (χ4n) is 3.39. The summed E-state index contributed by atoms with van der Waals surface area (Å²) in [6, 6.07) is 15.8. The van der Waals surface area contributed by atoms with E-state index in [2.05, 4.69) is 11.4 Å². The van der Waals surface area contributed by atoms with Gasteiger partial charge < -0.3 is 15.2 Å². The lowest BCUT2D eigenvalue weighted by molar-refractivity contribution is -0.142. The van der Waals surface area contributed by atoms with Gasteiger partial charge in [-0.2, -0.15) is 5.26 Å². The minimum atomic E-state index is -1.12. The van der Waals surface area contributed by atoms with Gasteiger partial charge in [-0.3, -0.25) is 9.59 Å². The number of hydrogen-bond donors (Lipinski definition) is 2. The quantitative estimate of drug-likeness (QED) is 0.818. The highest BCUT2D eigenvalue weighted by Crippen LogP contribution is 2.30. The summed E-state index contributed by atoms with van der Waals surface area (Å²) in [4.78, 5) is 24.2. The van der Waals surface area contributed by atoms with Crippen LogP contribution in [0.15, 0.2) is 42.5 Å². The van der Waals surface area contributed by atoms with Crippen molar-refractivity contribution in [3.63, 3.8) is 0 Å². The number of nitrogens with one attached hydrogen (secondary N) is 1. The molecule has 1 atom stereocenters. The summed E-state index contributed by atoms with van der Waals surface area (Å²) in [6.07, 6.45) is 0.971. The van der Waals surface area contributed by atoms with Crippen LogP contribution in [0.4, 0.5) is 0 Å². The maximum atomic E-state index is 12.5. The molecule has 0 aromatic heterocycles. The van der Waals surface area contributed by atoms with Gasteiger partial charge in [0, 0.05) is 19.8 Å². The van der Waals surface area contributed by atoms with Crippen LogP contribution in [0.2, 0.25) is 0 Å². The van der Waals surface area contributed by atoms with E-state index in [-0.39, 0.29) is 6.54 Å². The van der Waals surface area contributed by atoms with Crippen LogP contribution in [0, 0.1) is 22.7 Å². The largest absolute Gasteiger partial charge is 0.481 e. The van der Waals surface area contributed by atoms with Crippen LogP contribution in [0.25, 0.3) is 10.8 Å². The third kappa shape index (κ3) is 4.26. The second-order valence-electron chi connectivity index (χ2n) is 6.94. The summed E-state index contributed by atoms with van der Waals surface area (Å²) in [5.41, 5.74) is -0.221. The number of rotatable bonds is 6. The first-order chi connectivity index (χ1) is 13.0. The average Bonchev–Trinajstić information content (AvgIpc) is 2.71. The number of carboxylic acids is 1. The highest BCUT2D eigenvalue weighted by atomic mass is 16.5. The maximum Gasteiger partial charge on any atom is 0.308 e. The van der Waals surface area contributed by atoms with Gasteiger partial charge in [0.1, 0.15) is 5.41 Å². The number of carbonyl (C=O) groups excluding carboxylic acids is 1. The molecule has 6 nitrogen and oxygen atoms in total. The Bertz CT molecular complexity index is 881. The molecule has 3 rings (SSSR count). The first kappa shape index (κ1) is 18.9. The molecule has 1 saturated heterocycles. The number of ether oxygens (including phenoxy) is 1. The highest BCUT2D eigenvalue weighted by Gasteiger charge is 2.40. The molecule has 2 N–H and O–H groups in total. The third-order valence-electron chi connectivity index (χ3n) is 5.15. The molecule has 1 heterocycles. The number of carboxylic acid groups (broad SMARTS) is 1. The normalized spacial score (nSPS) is 17.0. The molecule has 140 valence electrons. The van der Waals surface area contributed by atoms with Gasteiger partial charge in [0.2, 0.25) is 5.91 Å². The van der Waals surface area contributed by atoms with Crippen molar-refractivity contribution in [3.05, 3.63) is 48.0 Å². The Morgan fingerprint density at radius 3 is 2.56 bits per heavy atom. The van der Waals surface area contributed by atoms with Crippen LogP contribution in [0.1, 0.15) is 18.4 Å². The minimum Gasteiger partial charge on any atom is -0.481 e. The molecule has 0 aliphatic carbocycles. The Hall–Kier alpha value is -2.91. The number of hydrogen-bond acceptors (Lipinski definition) is 4. The summed E-state index contributed by atoms with van der Waals surface area (Å²) in [5.74, 6) is -2.13. The lowest BCUT2D eigenvalue weighted by Gasteiger charge is -2.29. The number of benzene rings is 2. The molecule has 1 aliphatic heterocycles. The molecule has 0 unspecified atom stereocenters. The SMILES string of the molecule is N#CC1(C(=O)NC[C@H](Cc2ccc3ccccc3c2)C(=O)O)CCOCC1. The molecular formula is C21H22N2O4. The Morgan fingerprint density at radius 1 is 1.19 bits per heavy atom. The molecule has 0 spiro atoms. The van der Waals surface area contributed by atoms with E-state index in [9.17, 15) is 20.0 Å². The van der Waals surface area contributed by atoms with Crippen molar-refractivity contribution in [3.8, 4) is 6.07 Å². The Morgan fingerprint density at radius 2 is 1.89 bits per heavy atom. The Balaban J connectivity index is 1.67. The average molecular weight is 366 g/mol. The predicted octanol–water partition coefficient (Wildman–Crippen LogP) is 2.52. The fraction of sp³-hybridized carbons (Fsp3) is 0.381. The van der Waals surface area contributed by atoms with E-state index in [1.165, 1.54) is 0 Å². The van der Waals surface area contributed by atoms with E-state index < -0.39 is 23.2 Å². The fourth-order valence-corrected chi connectivity index (χ4v) is 3.39. The molecule has 0 radical (unpaired) electrons. The first-order valence-corrected chi connectivity index (χ1v) is 9.02. The predicted molar refractivity (Wildman–Crippen MR) is 99.9 cm³/mol. The highest BCUT2D eigenvalue weighted by molar-refractivity contribution is 5.86. The van der Waals surface area contributed by atoms with Crippen LogP contribution in [-0.2, 0) is 20.7 Å². The molecule has 6 heteroatoms. The summed E-state index contributed by atoms with van der Waals surface area (Å²) in [7, 11) is 0. The van der Waals surface area contributed by atoms with Gasteiger partial charge in [0.15, 0.2) is 0 Å². The van der Waals surface area contributed by atoms with E-state index in [1.54, 1.807) is 0 Å². The van der Waals surface area contributed by atoms with Crippen molar-refractivity contribution in [1.82, 2.24) is 5.32 Å². The lowest BCUT2D eigenvalue weighted by Crippen LogP contribution is -2.46. The second-order valence-corrected chi connectivity index (χ2v) is 6.94. The second kappa shape index (κ2) is 8.19. The number of amides is 1. The van der Waals surface area contributed by atoms with Crippen LogP contribution in [0.5, 0.6) is 0 Å². The van der Waals surface area contributed by atoms with Gasteiger partial charge in [-0.15, -0.1) is 0 Å². The number of nitriles is 1. The molecule has 1 amide bonds. The molecule has 2 aromatic carbocycles. The van der Waals surface area contributed by atoms with E-state index in [0.717, 1.165) is 16.3 Å². The van der Waals surface area contributed by atoms with Crippen molar-refractivity contribution in [2.45, 2.75) is 19.3 Å². The van der Waals surface area contributed by atoms with Crippen LogP contribution >= 0.6 is 0 Å². The minimum absolute atomic E-state index is 0.00865. The number of carbonyl (C=O) groups is 2. The van der Waals surface area contributed by atoms with E-state index in [4.69, 9.17) is 4.74 Å². The number of fused-ring (bicyclic) bond motifs is 1. The van der Waals surface area contributed by atoms with Crippen molar-refractivity contribution in [2.75, 3.05) is 19.8 Å². The van der Waals surface area contributed by atoms with E-state index in [0.29, 0.717) is 32.5 Å². The summed E-state index contributed by atoms with van der Waals surface area (Å²) in [5, 5.41) is 23.8. The van der Waals surface area contributed by atoms with Crippen LogP contribution < -0.4 is 5.32 Å². The van der Waals surface area contributed by atoms with Crippen LogP contribution in [-0.4, -0.2) is 36.7 Å². The van der Waals surface area contributed by atoms with Gasteiger partial charge in [-0.1, -0.05) is 42.5 Å². The number of aliphatic carboxylic acids is 1. The molecule has 0 bridgehead atoms. The first-order valence-electron chi connectivity index (χ1n) is 9.02. The van der Waals surface area contributed by atoms with E-state index in [1.807, 2.05) is 42.5 Å². The smallest absolute Gasteiger partial charge is 0.308 e. The summed E-state index contributed by atoms with van der Waals surface area (Å²) in [6.45, 7) is 0.714. The van der Waals surface area contributed by atoms with Gasteiger partial charge in [0.05, 0.1) is 12.0 Å². The van der Waals surface area contributed by atoms with Crippen molar-refractivity contribution in [1.29, 1.82) is 5.26 Å². The molecule has 27 heavy (non-hydrogen) atoms. The zero-order valence-corrected chi connectivity index (χ0v) is 15.0. The number of nitrogens with zero attached hydrogens (tertiary/aromatic N) is 1. The summed E-state index contributed by atoms with van der Waals surface area (Å²) < 4.78 is 5.23. The lowest BCUT2D eigenvalue weighted by atomic mass is 9.80. The Kier molecular flexibility index (Phi) is 5.72. The Labute approximate surface area is 157 Å². The standard InChI is InChI=1S/C21H22N2O4/c22-14-21(7-9-27-10-8-21)20(26)23-13-18(19(24)25)12-15-5-6-16-3-1-2-4-17(16)11-15/h1-6,11,18H,7-10,12-13H2,(H,23,26)(H,24,25)/t18-/m0/s1. The third-order valence-corrected chi connectivity index (χ3v) is 5.15. The van der Waals surface area contributed by atoms with Gasteiger partial charge in [0.25, 0.3) is 0 Å². The van der Waals surface area contributed by atoms with Crippen LogP contribution in [0.3, 0.4) is 0 Å². The topological polar surface area (TPSA) is 99.4 Å². The van der Waals surface area contributed by atoms with Crippen molar-refractivity contribution >= 4 is 22.6 Å². The van der Waals surface area contributed by atoms with E-state index >= 15 is 0 Å². The zero-order chi connectivity index (χ0) is 19.3. The molecule has 1 fully saturated rings. The molecule has 2 aromatic rings. The van der Waals surface area contributed by atoms with Gasteiger partial charge >= 0.3 is 5.97 Å². The summed E-state index contributed by atoms with van der Waals surface area (Å²) >= 11 is 0. The maximum absolute atomic E-state index is 12.5. The molecular weight excluding hydrogens is 344 g/mol. The van der Waals surface area contributed by atoms with Gasteiger partial charge in [-0.25, -0.2) is 0 Å². The monoisotopic (exact) mass is 366 g/mol. The van der Waals surface area contributed by atoms with Crippen molar-refractivity contribution < 1.29 is 19.4 Å². The molecule has 1 aliphatic rings. The molecule has 0 saturated carbocycles.